The molecule has 0 radical (unpaired) electrons. The minimum absolute atomic E-state index is 0.0101. The zero-order valence-electron chi connectivity index (χ0n) is 88.6. The second kappa shape index (κ2) is 62.3. The fourth-order valence-electron chi connectivity index (χ4n) is 19.4. The van der Waals surface area contributed by atoms with Gasteiger partial charge < -0.3 is 9.47 Å². The predicted octanol–water partition coefficient (Wildman–Crippen LogP) is 33.7. The normalized spacial score (nSPS) is 17.2. The first-order valence-corrected chi connectivity index (χ1v) is 61.4. The largest absolute Gasteiger partial charge is 0.453 e. The van der Waals surface area contributed by atoms with Crippen LogP contribution in [0, 0.1) is 40.4 Å². The molecule has 4 atom stereocenters. The van der Waals surface area contributed by atoms with Gasteiger partial charge in [-0.15, -0.1) is 0 Å². The second-order valence-corrected chi connectivity index (χ2v) is 54.9. The van der Waals surface area contributed by atoms with Crippen LogP contribution in [0.25, 0.3) is 0 Å². The van der Waals surface area contributed by atoms with Gasteiger partial charge in [-0.3, -0.25) is 19.2 Å². The van der Waals surface area contributed by atoms with Crippen LogP contribution in [0.4, 0.5) is 0 Å². The highest BCUT2D eigenvalue weighted by Gasteiger charge is 2.52. The van der Waals surface area contributed by atoms with Crippen molar-refractivity contribution in [2.24, 2.45) is 40.4 Å². The van der Waals surface area contributed by atoms with Crippen LogP contribution in [-0.2, 0) is 86.9 Å². The lowest BCUT2D eigenvalue weighted by Crippen LogP contribution is -2.52. The molecule has 0 amide bonds. The third kappa shape index (κ3) is 40.0. The second-order valence-electron chi connectivity index (χ2n) is 41.4. The summed E-state index contributed by atoms with van der Waals surface area (Å²) in [5, 5.41) is 0.0119. The summed E-state index contributed by atoms with van der Waals surface area (Å²) >= 11 is 3.07. The van der Waals surface area contributed by atoms with Crippen molar-refractivity contribution in [2.45, 2.75) is 336 Å². The molecule has 0 N–H and O–H groups in total. The van der Waals surface area contributed by atoms with Gasteiger partial charge in [-0.25, -0.2) is 13.2 Å². The number of hydrogen-bond acceptors (Lipinski definition) is 11. The Kier molecular flexibility index (Phi) is 50.6. The Morgan fingerprint density at radius 1 is 0.379 bits per heavy atom. The molecule has 0 aromatic heterocycles. The van der Waals surface area contributed by atoms with Crippen LogP contribution in [0.1, 0.15) is 245 Å². The van der Waals surface area contributed by atoms with Gasteiger partial charge in [0.2, 0.25) is 0 Å². The smallest absolute Gasteiger partial charge is 0.332 e. The average Bonchev–Trinajstić information content (AvgIpc) is 0.748. The minimum atomic E-state index is -2.88. The first kappa shape index (κ1) is 118. The molecule has 145 heavy (non-hydrogen) atoms. The summed E-state index contributed by atoms with van der Waals surface area (Å²) in [4.78, 5) is 74.7. The Bertz CT molecular complexity index is 4870. The standard InChI is InChI=1S/4C18H15S.C16H24O4.C14H28O2S.C14H28OS.C13H22O2S/c4*1-4-10-16(11-5-1)19(17-12-6-2-7-13-17)18-14-8-3-9-15-18;1-10(17)11(2)20-15(18)9-19-16-6-12-3-13(7-16)5-14(4-12)8-16;1-12(10-11-14(2,3)4)17(15,16)13-8-6-5-7-9-13;1-6-7-8-9-10-11-16-12(2)13(15)14(3,4)5;1-9(2)12(14)10(3)16-13(15)11-7-5-4-6-8-11/h4*1-15H;11-14H,3-9H2,1-2H3;12-13H,5-11H2,1-4H3;12H,6-11H2,1-5H3;9-11H,4-8H2,1-3H3/q4*+1;;;;. The molecular formula is C129H162O9S7+4. The van der Waals surface area contributed by atoms with Crippen LogP contribution >= 0.6 is 23.5 Å². The molecule has 9 nitrogen and oxygen atoms in total. The average molecular weight is 2080 g/mol. The summed E-state index contributed by atoms with van der Waals surface area (Å²) in [5.74, 6) is 3.79. The number of unbranched alkanes of at least 4 members (excludes halogenated alkanes) is 4. The van der Waals surface area contributed by atoms with Gasteiger partial charge in [-0.1, -0.05) is 357 Å². The van der Waals surface area contributed by atoms with E-state index in [9.17, 15) is 32.4 Å². The topological polar surface area (TPSA) is 138 Å². The van der Waals surface area contributed by atoms with Crippen LogP contribution < -0.4 is 0 Å². The number of ether oxygens (including phenoxy) is 2. The molecule has 4 bridgehead atoms. The molecule has 4 unspecified atom stereocenters. The Labute approximate surface area is 892 Å². The van der Waals surface area contributed by atoms with Gasteiger partial charge in [-0.05, 0) is 293 Å². The number of ketones is 3. The zero-order valence-corrected chi connectivity index (χ0v) is 94.3. The fourth-order valence-corrected chi connectivity index (χ4v) is 32.3. The van der Waals surface area contributed by atoms with Crippen molar-refractivity contribution in [1.29, 1.82) is 0 Å². The number of carbonyl (C=O) groups is 5. The van der Waals surface area contributed by atoms with Gasteiger partial charge in [-0.2, -0.15) is 11.8 Å². The van der Waals surface area contributed by atoms with E-state index in [1.54, 1.807) is 6.92 Å². The van der Waals surface area contributed by atoms with Crippen LogP contribution in [0.2, 0.25) is 0 Å². The minimum Gasteiger partial charge on any atom is -0.453 e. The highest BCUT2D eigenvalue weighted by Crippen LogP contribution is 2.57. The summed E-state index contributed by atoms with van der Waals surface area (Å²) in [6, 6.07) is 129. The molecule has 6 aliphatic rings. The Hall–Kier alpha value is -9.20. The number of benzene rings is 12. The summed E-state index contributed by atoms with van der Waals surface area (Å²) in [6.45, 7) is 27.4. The van der Waals surface area contributed by atoms with Gasteiger partial charge in [0.1, 0.15) is 12.4 Å². The third-order valence-electron chi connectivity index (χ3n) is 26.9. The molecule has 0 heterocycles. The fraction of sp³-hybridized carbons (Fsp3) is 0.403. The van der Waals surface area contributed by atoms with Crippen LogP contribution in [0.3, 0.4) is 0 Å². The summed E-state index contributed by atoms with van der Waals surface area (Å²) in [7, 11) is -2.94. The van der Waals surface area contributed by atoms with E-state index < -0.39 is 21.9 Å². The van der Waals surface area contributed by atoms with Crippen molar-refractivity contribution in [3.63, 3.8) is 0 Å². The van der Waals surface area contributed by atoms with Crippen LogP contribution in [0.15, 0.2) is 423 Å². The highest BCUT2D eigenvalue weighted by molar-refractivity contribution is 8.14. The highest BCUT2D eigenvalue weighted by atomic mass is 32.2. The lowest BCUT2D eigenvalue weighted by Gasteiger charge is -2.56. The van der Waals surface area contributed by atoms with Gasteiger partial charge in [0.05, 0.1) is 70.2 Å². The van der Waals surface area contributed by atoms with E-state index in [0.717, 1.165) is 94.1 Å². The van der Waals surface area contributed by atoms with Crippen molar-refractivity contribution in [3.8, 4) is 0 Å². The molecule has 6 saturated carbocycles. The van der Waals surface area contributed by atoms with Crippen molar-refractivity contribution < 1.29 is 41.9 Å². The van der Waals surface area contributed by atoms with E-state index in [1.807, 2.05) is 67.2 Å². The molecule has 0 spiro atoms. The van der Waals surface area contributed by atoms with E-state index in [-0.39, 0.29) is 116 Å². The summed E-state index contributed by atoms with van der Waals surface area (Å²) < 4.78 is 35.9. The molecular weight excluding hydrogens is 1920 g/mol. The number of rotatable bonds is 33. The van der Waals surface area contributed by atoms with Crippen LogP contribution in [-0.4, -0.2) is 81.9 Å². The van der Waals surface area contributed by atoms with E-state index >= 15 is 0 Å². The predicted molar refractivity (Wildman–Crippen MR) is 617 cm³/mol. The Morgan fingerprint density at radius 2 is 0.655 bits per heavy atom. The molecule has 18 rings (SSSR count). The first-order valence-electron chi connectivity index (χ1n) is 52.9. The Morgan fingerprint density at radius 3 is 0.910 bits per heavy atom. The number of sulfone groups is 1. The monoisotopic (exact) mass is 2080 g/mol. The third-order valence-corrected chi connectivity index (χ3v) is 41.0. The molecule has 0 saturated heterocycles. The van der Waals surface area contributed by atoms with Gasteiger partial charge in [0, 0.05) is 17.3 Å². The number of thioether (sulfide) groups is 2. The molecule has 6 fully saturated rings. The molecule has 12 aromatic carbocycles. The van der Waals surface area contributed by atoms with E-state index in [4.69, 9.17) is 9.47 Å². The molecule has 12 aromatic rings. The molecule has 16 heteroatoms. The number of hydrogen-bond donors (Lipinski definition) is 0. The van der Waals surface area contributed by atoms with Crippen molar-refractivity contribution in [1.82, 2.24) is 0 Å². The maximum absolute atomic E-state index is 12.4. The maximum Gasteiger partial charge on any atom is 0.332 e. The van der Waals surface area contributed by atoms with Crippen molar-refractivity contribution in [3.05, 3.63) is 364 Å². The molecule has 6 aliphatic carbocycles. The number of carbonyl (C=O) groups excluding carboxylic acids is 5. The SMILES string of the molecule is CC(=O)C(C)OC(=O)COC12CC3CC(CC(C3)C1)C2.CC(C)C(=O)C(C)SC(=O)C1CCCCC1.CC(CCC(C)(C)C)S(=O)(=O)C1CCCCC1.CCCCCCCSC(C)C(=O)C(C)(C)C.c1ccc([S+](c2ccccc2)c2ccccc2)cc1.c1ccc([S+](c2ccccc2)c2ccccc2)cc1.c1ccc([S+](c2ccccc2)c2ccccc2)cc1.c1ccc([S+](c2ccccc2)c2ccccc2)cc1. The Balaban J connectivity index is 0.000000170. The first-order chi connectivity index (χ1) is 69.9. The molecule has 0 aliphatic heterocycles. The van der Waals surface area contributed by atoms with Crippen molar-refractivity contribution in [2.75, 3.05) is 12.4 Å². The zero-order chi connectivity index (χ0) is 104. The summed E-state index contributed by atoms with van der Waals surface area (Å²) in [6.07, 6.45) is 25.9. The number of esters is 1. The maximum atomic E-state index is 12.4. The van der Waals surface area contributed by atoms with E-state index in [2.05, 4.69) is 392 Å². The summed E-state index contributed by atoms with van der Waals surface area (Å²) in [5.41, 5.74) is -0.0296. The van der Waals surface area contributed by atoms with Gasteiger partial charge in [0.25, 0.3) is 0 Å². The van der Waals surface area contributed by atoms with E-state index in [1.165, 1.54) is 154 Å². The lowest BCUT2D eigenvalue weighted by atomic mass is 9.54. The van der Waals surface area contributed by atoms with E-state index in [0.29, 0.717) is 5.78 Å². The number of Topliss-reactive ketones (excluding diaryl/α,β-unsaturated/α-hetero) is 3. The lowest BCUT2D eigenvalue weighted by molar-refractivity contribution is -0.185. The van der Waals surface area contributed by atoms with Gasteiger partial charge >= 0.3 is 5.97 Å². The molecule has 770 valence electrons. The van der Waals surface area contributed by atoms with Gasteiger partial charge in [0.15, 0.2) is 91.4 Å². The van der Waals surface area contributed by atoms with Crippen molar-refractivity contribution >= 4 is 105 Å². The quantitative estimate of drug-likeness (QED) is 0.0221. The van der Waals surface area contributed by atoms with Crippen LogP contribution in [0.5, 0.6) is 0 Å².